The fraction of sp³-hybridized carbons (Fsp3) is 0.588. The normalized spacial score (nSPS) is 25.0. The van der Waals surface area contributed by atoms with Crippen molar-refractivity contribution in [2.45, 2.75) is 38.0 Å². The van der Waals surface area contributed by atoms with Gasteiger partial charge in [0.15, 0.2) is 0 Å². The molecule has 1 amide bonds. The molecule has 1 heterocycles. The molecule has 0 bridgehead atoms. The van der Waals surface area contributed by atoms with Crippen molar-refractivity contribution in [1.29, 1.82) is 0 Å². The molecule has 20 heavy (non-hydrogen) atoms. The number of aryl methyl sites for hydroxylation is 2. The zero-order valence-electron chi connectivity index (χ0n) is 12.4. The number of benzene rings is 1. The summed E-state index contributed by atoms with van der Waals surface area (Å²) in [4.78, 5) is 15.5. The minimum atomic E-state index is 0.298. The lowest BCUT2D eigenvalue weighted by Crippen LogP contribution is -2.30. The van der Waals surface area contributed by atoms with Gasteiger partial charge in [0, 0.05) is 18.0 Å². The van der Waals surface area contributed by atoms with Crippen LogP contribution in [0.1, 0.15) is 31.4 Å². The maximum Gasteiger partial charge on any atom is 0.232 e. The largest absolute Gasteiger partial charge is 0.341 e. The van der Waals surface area contributed by atoms with Crippen molar-refractivity contribution in [3.63, 3.8) is 0 Å². The summed E-state index contributed by atoms with van der Waals surface area (Å²) in [5.41, 5.74) is 2.99. The first-order valence-corrected chi connectivity index (χ1v) is 8.64. The molecule has 0 radical (unpaired) electrons. The molecule has 108 valence electrons. The lowest BCUT2D eigenvalue weighted by atomic mass is 10.0. The summed E-state index contributed by atoms with van der Waals surface area (Å²) in [6.45, 7) is 6.35. The van der Waals surface area contributed by atoms with E-state index in [9.17, 15) is 4.79 Å². The Balaban J connectivity index is 1.56. The minimum absolute atomic E-state index is 0.298. The second-order valence-corrected chi connectivity index (χ2v) is 7.37. The van der Waals surface area contributed by atoms with Gasteiger partial charge in [0.25, 0.3) is 0 Å². The third-order valence-electron chi connectivity index (χ3n) is 4.77. The van der Waals surface area contributed by atoms with E-state index in [1.54, 1.807) is 11.8 Å². The second kappa shape index (κ2) is 5.80. The van der Waals surface area contributed by atoms with Crippen LogP contribution in [0.5, 0.6) is 0 Å². The van der Waals surface area contributed by atoms with E-state index in [1.165, 1.54) is 35.3 Å². The van der Waals surface area contributed by atoms with Crippen LogP contribution in [-0.4, -0.2) is 29.6 Å². The fourth-order valence-electron chi connectivity index (χ4n) is 3.21. The first kappa shape index (κ1) is 14.0. The molecule has 2 aliphatic rings. The number of hydrogen-bond acceptors (Lipinski definition) is 2. The third kappa shape index (κ3) is 2.88. The second-order valence-electron chi connectivity index (χ2n) is 6.33. The molecule has 0 saturated carbocycles. The van der Waals surface area contributed by atoms with Crippen LogP contribution in [0.3, 0.4) is 0 Å². The Bertz CT molecular complexity index is 504. The summed E-state index contributed by atoms with van der Waals surface area (Å²) in [7, 11) is 0. The van der Waals surface area contributed by atoms with Gasteiger partial charge >= 0.3 is 0 Å². The number of rotatable bonds is 3. The van der Waals surface area contributed by atoms with Crippen LogP contribution in [0.15, 0.2) is 23.1 Å². The lowest BCUT2D eigenvalue weighted by Gasteiger charge is -2.15. The zero-order valence-corrected chi connectivity index (χ0v) is 13.2. The van der Waals surface area contributed by atoms with E-state index in [1.807, 2.05) is 4.90 Å². The lowest BCUT2D eigenvalue weighted by molar-refractivity contribution is -0.127. The van der Waals surface area contributed by atoms with Gasteiger partial charge in [-0.15, -0.1) is 11.8 Å². The first-order valence-electron chi connectivity index (χ1n) is 7.66. The highest BCUT2D eigenvalue weighted by atomic mass is 32.2. The van der Waals surface area contributed by atoms with Crippen molar-refractivity contribution in [3.05, 3.63) is 29.3 Å². The van der Waals surface area contributed by atoms with Crippen LogP contribution >= 0.6 is 11.8 Å². The molecule has 2 unspecified atom stereocenters. The highest BCUT2D eigenvalue weighted by molar-refractivity contribution is 8.00. The van der Waals surface area contributed by atoms with Crippen LogP contribution in [0, 0.1) is 11.8 Å². The maximum atomic E-state index is 12.2. The van der Waals surface area contributed by atoms with Gasteiger partial charge in [-0.1, -0.05) is 19.9 Å². The van der Waals surface area contributed by atoms with E-state index in [4.69, 9.17) is 0 Å². The smallest absolute Gasteiger partial charge is 0.232 e. The highest BCUT2D eigenvalue weighted by Crippen LogP contribution is 2.28. The molecule has 1 aliphatic carbocycles. The predicted octanol–water partition coefficient (Wildman–Crippen LogP) is 3.38. The van der Waals surface area contributed by atoms with E-state index in [-0.39, 0.29) is 0 Å². The van der Waals surface area contributed by atoms with E-state index < -0.39 is 0 Å². The molecule has 0 spiro atoms. The molecule has 3 heteroatoms. The Labute approximate surface area is 125 Å². The van der Waals surface area contributed by atoms with E-state index in [2.05, 4.69) is 32.0 Å². The molecule has 3 rings (SSSR count). The van der Waals surface area contributed by atoms with Crippen molar-refractivity contribution in [3.8, 4) is 0 Å². The van der Waals surface area contributed by atoms with Crippen LogP contribution < -0.4 is 0 Å². The monoisotopic (exact) mass is 289 g/mol. The van der Waals surface area contributed by atoms with Gasteiger partial charge in [-0.2, -0.15) is 0 Å². The summed E-state index contributed by atoms with van der Waals surface area (Å²) < 4.78 is 0. The summed E-state index contributed by atoms with van der Waals surface area (Å²) in [5.74, 6) is 2.16. The SMILES string of the molecule is CC1CN(C(=O)CSc2ccc3c(c2)CCC3)CC1C. The van der Waals surface area contributed by atoms with E-state index >= 15 is 0 Å². The predicted molar refractivity (Wildman–Crippen MR) is 84.1 cm³/mol. The number of likely N-dealkylation sites (tertiary alicyclic amines) is 1. The summed E-state index contributed by atoms with van der Waals surface area (Å²) in [6.07, 6.45) is 3.72. The van der Waals surface area contributed by atoms with Crippen molar-refractivity contribution in [2.75, 3.05) is 18.8 Å². The van der Waals surface area contributed by atoms with Gasteiger partial charge in [0.05, 0.1) is 5.75 Å². The third-order valence-corrected chi connectivity index (χ3v) is 5.75. The number of nitrogens with zero attached hydrogens (tertiary/aromatic N) is 1. The Morgan fingerprint density at radius 1 is 1.20 bits per heavy atom. The Hall–Kier alpha value is -0.960. The van der Waals surface area contributed by atoms with Gasteiger partial charge in [-0.3, -0.25) is 4.79 Å². The van der Waals surface area contributed by atoms with Gasteiger partial charge in [-0.25, -0.2) is 0 Å². The standard InChI is InChI=1S/C17H23NOS/c1-12-9-18(10-13(12)2)17(19)11-20-16-7-6-14-4-3-5-15(14)8-16/h6-8,12-13H,3-5,9-11H2,1-2H3. The quantitative estimate of drug-likeness (QED) is 0.795. The fourth-order valence-corrected chi connectivity index (χ4v) is 4.07. The highest BCUT2D eigenvalue weighted by Gasteiger charge is 2.29. The number of hydrogen-bond donors (Lipinski definition) is 0. The summed E-state index contributed by atoms with van der Waals surface area (Å²) in [5, 5.41) is 0. The molecule has 1 aromatic rings. The molecule has 2 atom stereocenters. The van der Waals surface area contributed by atoms with Crippen molar-refractivity contribution in [1.82, 2.24) is 4.90 Å². The van der Waals surface area contributed by atoms with E-state index in [0.717, 1.165) is 13.1 Å². The van der Waals surface area contributed by atoms with Crippen molar-refractivity contribution < 1.29 is 4.79 Å². The molecule has 1 saturated heterocycles. The maximum absolute atomic E-state index is 12.2. The molecular weight excluding hydrogens is 266 g/mol. The van der Waals surface area contributed by atoms with Crippen molar-refractivity contribution in [2.24, 2.45) is 11.8 Å². The number of carbonyl (C=O) groups excluding carboxylic acids is 1. The average Bonchev–Trinajstić information content (AvgIpc) is 3.03. The topological polar surface area (TPSA) is 20.3 Å². The molecule has 2 nitrogen and oxygen atoms in total. The Morgan fingerprint density at radius 3 is 2.65 bits per heavy atom. The molecule has 0 aromatic heterocycles. The van der Waals surface area contributed by atoms with Gasteiger partial charge in [0.2, 0.25) is 5.91 Å². The summed E-state index contributed by atoms with van der Waals surface area (Å²) >= 11 is 1.69. The van der Waals surface area contributed by atoms with Gasteiger partial charge < -0.3 is 4.90 Å². The number of carbonyl (C=O) groups is 1. The molecule has 0 N–H and O–H groups in total. The molecule has 1 aliphatic heterocycles. The van der Waals surface area contributed by atoms with Gasteiger partial charge in [0.1, 0.15) is 0 Å². The number of thioether (sulfide) groups is 1. The molecule has 1 fully saturated rings. The van der Waals surface area contributed by atoms with Crippen molar-refractivity contribution >= 4 is 17.7 Å². The Morgan fingerprint density at radius 2 is 1.90 bits per heavy atom. The molecule has 1 aromatic carbocycles. The molecular formula is C17H23NOS. The number of fused-ring (bicyclic) bond motifs is 1. The van der Waals surface area contributed by atoms with Crippen LogP contribution in [0.2, 0.25) is 0 Å². The van der Waals surface area contributed by atoms with Crippen LogP contribution in [0.25, 0.3) is 0 Å². The van der Waals surface area contributed by atoms with Gasteiger partial charge in [-0.05, 0) is 54.4 Å². The van der Waals surface area contributed by atoms with Crippen LogP contribution in [-0.2, 0) is 17.6 Å². The number of amides is 1. The zero-order chi connectivity index (χ0) is 14.1. The van der Waals surface area contributed by atoms with E-state index in [0.29, 0.717) is 23.5 Å². The van der Waals surface area contributed by atoms with Crippen LogP contribution in [0.4, 0.5) is 0 Å². The first-order chi connectivity index (χ1) is 9.63. The summed E-state index contributed by atoms with van der Waals surface area (Å²) in [6, 6.07) is 6.71. The minimum Gasteiger partial charge on any atom is -0.341 e. The Kier molecular flexibility index (Phi) is 4.06. The average molecular weight is 289 g/mol.